The minimum Gasteiger partial charge on any atom is -0.507 e. The van der Waals surface area contributed by atoms with E-state index in [1.165, 1.54) is 11.0 Å². The molecule has 0 fully saturated rings. The summed E-state index contributed by atoms with van der Waals surface area (Å²) in [4.78, 5) is 12.3. The van der Waals surface area contributed by atoms with Crippen LogP contribution in [-0.2, 0) is 6.54 Å². The first-order valence-electron chi connectivity index (χ1n) is 5.03. The third-order valence-corrected chi connectivity index (χ3v) is 2.69. The summed E-state index contributed by atoms with van der Waals surface area (Å²) in [6, 6.07) is 4.70. The smallest absolute Gasteiger partial charge is 0.407 e. The van der Waals surface area contributed by atoms with Gasteiger partial charge in [-0.15, -0.1) is 0 Å². The molecule has 16 heavy (non-hydrogen) atoms. The Labute approximate surface area is 92.9 Å². The summed E-state index contributed by atoms with van der Waals surface area (Å²) >= 11 is 0. The predicted molar refractivity (Wildman–Crippen MR) is 56.6 cm³/mol. The van der Waals surface area contributed by atoms with Crippen LogP contribution in [-0.4, -0.2) is 33.9 Å². The van der Waals surface area contributed by atoms with Crippen LogP contribution in [0.3, 0.4) is 0 Å². The van der Waals surface area contributed by atoms with Gasteiger partial charge in [0.2, 0.25) is 0 Å². The van der Waals surface area contributed by atoms with Crippen LogP contribution in [0.15, 0.2) is 18.2 Å². The molecule has 1 aromatic rings. The molecule has 2 rings (SSSR count). The second-order valence-electron chi connectivity index (χ2n) is 3.82. The van der Waals surface area contributed by atoms with Crippen molar-refractivity contribution in [1.82, 2.24) is 4.90 Å². The fourth-order valence-electron chi connectivity index (χ4n) is 1.73. The zero-order chi connectivity index (χ0) is 11.7. The monoisotopic (exact) mass is 223 g/mol. The largest absolute Gasteiger partial charge is 0.507 e. The van der Waals surface area contributed by atoms with E-state index in [4.69, 9.17) is 9.84 Å². The van der Waals surface area contributed by atoms with E-state index in [1.807, 2.05) is 0 Å². The summed E-state index contributed by atoms with van der Waals surface area (Å²) in [5, 5.41) is 18.7. The molecule has 0 spiro atoms. The number of aromatic hydroxyl groups is 1. The number of ether oxygens (including phenoxy) is 1. The van der Waals surface area contributed by atoms with Crippen molar-refractivity contribution < 1.29 is 19.7 Å². The van der Waals surface area contributed by atoms with Crippen LogP contribution in [0.25, 0.3) is 0 Å². The first-order valence-corrected chi connectivity index (χ1v) is 5.03. The quantitative estimate of drug-likeness (QED) is 0.701. The van der Waals surface area contributed by atoms with E-state index in [9.17, 15) is 9.90 Å². The predicted octanol–water partition coefficient (Wildman–Crippen LogP) is 1.65. The number of carboxylic acid groups (broad SMARTS) is 1. The van der Waals surface area contributed by atoms with Gasteiger partial charge in [0.1, 0.15) is 18.1 Å². The maximum atomic E-state index is 11.0. The summed E-state index contributed by atoms with van der Waals surface area (Å²) in [6.07, 6.45) is -1.01. The number of hydrogen-bond acceptors (Lipinski definition) is 3. The molecule has 0 unspecified atom stereocenters. The van der Waals surface area contributed by atoms with Gasteiger partial charge < -0.3 is 14.9 Å². The highest BCUT2D eigenvalue weighted by molar-refractivity contribution is 5.66. The Bertz CT molecular complexity index is 418. The van der Waals surface area contributed by atoms with Crippen LogP contribution in [0.2, 0.25) is 0 Å². The number of fused-ring (bicyclic) bond motifs is 1. The summed E-state index contributed by atoms with van der Waals surface area (Å²) in [6.45, 7) is 2.22. The molecular formula is C11H13NO4. The molecule has 86 valence electrons. The van der Waals surface area contributed by atoms with E-state index in [0.717, 1.165) is 0 Å². The number of amides is 1. The molecule has 1 aromatic carbocycles. The molecule has 0 aliphatic carbocycles. The molecule has 5 heteroatoms. The van der Waals surface area contributed by atoms with Crippen molar-refractivity contribution in [2.45, 2.75) is 19.5 Å². The Morgan fingerprint density at radius 3 is 3.00 bits per heavy atom. The van der Waals surface area contributed by atoms with Crippen molar-refractivity contribution in [1.29, 1.82) is 0 Å². The summed E-state index contributed by atoms with van der Waals surface area (Å²) in [5.41, 5.74) is 0.522. The summed E-state index contributed by atoms with van der Waals surface area (Å²) < 4.78 is 5.46. The molecule has 2 N–H and O–H groups in total. The lowest BCUT2D eigenvalue weighted by Gasteiger charge is -2.22. The average molecular weight is 223 g/mol. The topological polar surface area (TPSA) is 70.0 Å². The lowest BCUT2D eigenvalue weighted by Crippen LogP contribution is -2.38. The molecule has 0 bridgehead atoms. The summed E-state index contributed by atoms with van der Waals surface area (Å²) in [7, 11) is 0. The van der Waals surface area contributed by atoms with Gasteiger partial charge in [-0.3, -0.25) is 4.90 Å². The van der Waals surface area contributed by atoms with Gasteiger partial charge in [-0.1, -0.05) is 6.07 Å². The van der Waals surface area contributed by atoms with Crippen molar-refractivity contribution in [3.05, 3.63) is 23.8 Å². The summed E-state index contributed by atoms with van der Waals surface area (Å²) in [5.74, 6) is 0.619. The lowest BCUT2D eigenvalue weighted by molar-refractivity contribution is 0.113. The highest BCUT2D eigenvalue weighted by Crippen LogP contribution is 2.31. The number of phenols is 1. The number of phenolic OH excluding ortho intramolecular Hbond substituents is 1. The van der Waals surface area contributed by atoms with Crippen molar-refractivity contribution in [2.24, 2.45) is 0 Å². The average Bonchev–Trinajstić information content (AvgIpc) is 2.39. The Kier molecular flexibility index (Phi) is 2.60. The van der Waals surface area contributed by atoms with Crippen LogP contribution in [0, 0.1) is 0 Å². The molecule has 1 heterocycles. The number of nitrogens with zero attached hydrogens (tertiary/aromatic N) is 1. The Morgan fingerprint density at radius 1 is 1.56 bits per heavy atom. The fraction of sp³-hybridized carbons (Fsp3) is 0.364. The third-order valence-electron chi connectivity index (χ3n) is 2.69. The molecule has 0 radical (unpaired) electrons. The molecule has 0 aromatic heterocycles. The molecule has 1 atom stereocenters. The molecule has 1 amide bonds. The van der Waals surface area contributed by atoms with E-state index >= 15 is 0 Å². The van der Waals surface area contributed by atoms with Gasteiger partial charge in [0.05, 0.1) is 18.2 Å². The van der Waals surface area contributed by atoms with Crippen molar-refractivity contribution in [3.8, 4) is 11.5 Å². The van der Waals surface area contributed by atoms with Crippen LogP contribution < -0.4 is 4.74 Å². The standard InChI is InChI=1S/C11H13NO4/c1-7-6-16-10-4-2-3-9(13)8(10)5-12(7)11(14)15/h2-4,7,13H,5-6H2,1H3,(H,14,15)/t7-/m0/s1. The van der Waals surface area contributed by atoms with Gasteiger partial charge in [0.25, 0.3) is 0 Å². The van der Waals surface area contributed by atoms with E-state index in [1.54, 1.807) is 19.1 Å². The first-order chi connectivity index (χ1) is 7.59. The van der Waals surface area contributed by atoms with Gasteiger partial charge >= 0.3 is 6.09 Å². The van der Waals surface area contributed by atoms with Crippen LogP contribution >= 0.6 is 0 Å². The van der Waals surface area contributed by atoms with Gasteiger partial charge in [-0.05, 0) is 19.1 Å². The molecular weight excluding hydrogens is 210 g/mol. The number of benzene rings is 1. The van der Waals surface area contributed by atoms with Crippen molar-refractivity contribution in [2.75, 3.05) is 6.61 Å². The van der Waals surface area contributed by atoms with Crippen molar-refractivity contribution in [3.63, 3.8) is 0 Å². The van der Waals surface area contributed by atoms with Gasteiger partial charge in [-0.25, -0.2) is 4.79 Å². The van der Waals surface area contributed by atoms with E-state index < -0.39 is 6.09 Å². The number of hydrogen-bond donors (Lipinski definition) is 2. The Morgan fingerprint density at radius 2 is 2.31 bits per heavy atom. The first kappa shape index (κ1) is 10.6. The van der Waals surface area contributed by atoms with E-state index in [0.29, 0.717) is 17.9 Å². The normalized spacial score (nSPS) is 19.6. The van der Waals surface area contributed by atoms with Crippen LogP contribution in [0.4, 0.5) is 4.79 Å². The van der Waals surface area contributed by atoms with Crippen LogP contribution in [0.1, 0.15) is 12.5 Å². The minimum atomic E-state index is -1.01. The SMILES string of the molecule is C[C@H]1COc2cccc(O)c2CN1C(=O)O. The fourth-order valence-corrected chi connectivity index (χ4v) is 1.73. The Balaban J connectivity index is 2.39. The second kappa shape index (κ2) is 3.92. The zero-order valence-corrected chi connectivity index (χ0v) is 8.88. The van der Waals surface area contributed by atoms with Gasteiger partial charge in [0, 0.05) is 0 Å². The number of carbonyl (C=O) groups is 1. The van der Waals surface area contributed by atoms with Gasteiger partial charge in [-0.2, -0.15) is 0 Å². The lowest BCUT2D eigenvalue weighted by atomic mass is 10.1. The highest BCUT2D eigenvalue weighted by atomic mass is 16.5. The molecule has 5 nitrogen and oxygen atoms in total. The molecule has 1 aliphatic heterocycles. The maximum absolute atomic E-state index is 11.0. The molecule has 1 aliphatic rings. The number of rotatable bonds is 0. The van der Waals surface area contributed by atoms with E-state index in [2.05, 4.69) is 0 Å². The zero-order valence-electron chi connectivity index (χ0n) is 8.88. The molecule has 0 saturated carbocycles. The van der Waals surface area contributed by atoms with Gasteiger partial charge in [0.15, 0.2) is 0 Å². The van der Waals surface area contributed by atoms with Crippen LogP contribution in [0.5, 0.6) is 11.5 Å². The molecule has 0 saturated heterocycles. The maximum Gasteiger partial charge on any atom is 0.407 e. The third kappa shape index (κ3) is 1.76. The second-order valence-corrected chi connectivity index (χ2v) is 3.82. The highest BCUT2D eigenvalue weighted by Gasteiger charge is 2.26. The van der Waals surface area contributed by atoms with Crippen molar-refractivity contribution >= 4 is 6.09 Å². The van der Waals surface area contributed by atoms with E-state index in [-0.39, 0.29) is 18.3 Å². The minimum absolute atomic E-state index is 0.0675. The Hall–Kier alpha value is -1.91.